The average Bonchev–Trinajstić information content (AvgIpc) is 3.24. The molecule has 0 radical (unpaired) electrons. The van der Waals surface area contributed by atoms with Crippen LogP contribution >= 0.6 is 7.82 Å². The van der Waals surface area contributed by atoms with Crippen molar-refractivity contribution >= 4 is 30.9 Å². The Kier molecular flexibility index (Phi) is 15.5. The van der Waals surface area contributed by atoms with Gasteiger partial charge in [0.05, 0.1) is 12.9 Å². The molecular formula is C15H22N5Na3O11P+3. The summed E-state index contributed by atoms with van der Waals surface area (Å²) in [5.74, 6) is -1.45. The standard InChI is InChI=1S/C15H22N5O11P.3Na/c21-3-1-2-6(14(25)26)17-15-18-11-8(12(24)19-15)16-5-20(11)13-10(23)9(22)7(31-13)4-30-32(27,28)29;;;/h5-7,9-10,13,21-23H,1-4H2,(H,25,26)(H2,27,28,29)(H2,17,18,19,24);;;/q;3*+1/t6-,7+,9+,10+,13+;;;/m0.../s1. The van der Waals surface area contributed by atoms with E-state index < -0.39 is 56.5 Å². The fraction of sp³-hybridized carbons (Fsp3) is 0.600. The van der Waals surface area contributed by atoms with Crippen LogP contribution in [0.1, 0.15) is 19.1 Å². The summed E-state index contributed by atoms with van der Waals surface area (Å²) in [4.78, 5) is 51.7. The number of aliphatic hydroxyl groups is 3. The number of aromatic amines is 1. The molecule has 0 unspecified atom stereocenters. The van der Waals surface area contributed by atoms with Crippen LogP contribution in [0.25, 0.3) is 11.2 Å². The zero-order valence-electron chi connectivity index (χ0n) is 19.3. The van der Waals surface area contributed by atoms with Crippen molar-refractivity contribution in [3.63, 3.8) is 0 Å². The van der Waals surface area contributed by atoms with Crippen molar-refractivity contribution in [3.8, 4) is 0 Å². The number of rotatable bonds is 10. The molecular weight excluding hydrogens is 526 g/mol. The number of nitrogens with zero attached hydrogens (tertiary/aromatic N) is 3. The van der Waals surface area contributed by atoms with E-state index in [2.05, 4.69) is 24.8 Å². The van der Waals surface area contributed by atoms with E-state index in [1.165, 1.54) is 0 Å². The zero-order valence-corrected chi connectivity index (χ0v) is 26.2. The molecule has 2 aromatic rings. The Labute approximate surface area is 263 Å². The van der Waals surface area contributed by atoms with Gasteiger partial charge in [0.2, 0.25) is 5.95 Å². The van der Waals surface area contributed by atoms with E-state index in [0.717, 1.165) is 10.9 Å². The van der Waals surface area contributed by atoms with Crippen molar-refractivity contribution in [2.45, 2.75) is 43.4 Å². The van der Waals surface area contributed by atoms with Crippen molar-refractivity contribution in [1.29, 1.82) is 0 Å². The maximum Gasteiger partial charge on any atom is 1.00 e. The Hall–Kier alpha value is 0.570. The summed E-state index contributed by atoms with van der Waals surface area (Å²) in [6, 6.07) is -1.16. The van der Waals surface area contributed by atoms with Crippen molar-refractivity contribution < 1.29 is 138 Å². The maximum absolute atomic E-state index is 12.4. The van der Waals surface area contributed by atoms with E-state index in [-0.39, 0.29) is 125 Å². The molecule has 35 heavy (non-hydrogen) atoms. The Morgan fingerprint density at radius 1 is 1.29 bits per heavy atom. The van der Waals surface area contributed by atoms with Crippen LogP contribution in [0.3, 0.4) is 0 Å². The fourth-order valence-electron chi connectivity index (χ4n) is 3.17. The number of carbonyl (C=O) groups is 1. The molecule has 2 aromatic heterocycles. The number of nitrogens with one attached hydrogen (secondary N) is 2. The first-order valence-corrected chi connectivity index (χ1v) is 10.8. The van der Waals surface area contributed by atoms with Gasteiger partial charge < -0.3 is 40.3 Å². The predicted octanol–water partition coefficient (Wildman–Crippen LogP) is -11.5. The number of hydrogen-bond acceptors (Lipinski definition) is 11. The van der Waals surface area contributed by atoms with Crippen molar-refractivity contribution in [1.82, 2.24) is 19.5 Å². The Bertz CT molecular complexity index is 1080. The third kappa shape index (κ3) is 9.07. The van der Waals surface area contributed by atoms with Gasteiger partial charge in [-0.25, -0.2) is 14.3 Å². The quantitative estimate of drug-likeness (QED) is 0.101. The van der Waals surface area contributed by atoms with Gasteiger partial charge in [-0.05, 0) is 12.8 Å². The molecule has 3 heterocycles. The van der Waals surface area contributed by atoms with E-state index in [0.29, 0.717) is 0 Å². The first-order chi connectivity index (χ1) is 15.0. The molecule has 0 aromatic carbocycles. The third-order valence-corrected chi connectivity index (χ3v) is 5.20. The van der Waals surface area contributed by atoms with Crippen LogP contribution in [0.15, 0.2) is 11.1 Å². The molecule has 1 fully saturated rings. The van der Waals surface area contributed by atoms with E-state index in [9.17, 15) is 29.5 Å². The summed E-state index contributed by atoms with van der Waals surface area (Å²) < 4.78 is 21.8. The molecule has 0 spiro atoms. The Morgan fingerprint density at radius 2 is 1.94 bits per heavy atom. The molecule has 3 rings (SSSR count). The van der Waals surface area contributed by atoms with Crippen LogP contribution in [0.5, 0.6) is 0 Å². The Balaban J connectivity index is 0.00000385. The fourth-order valence-corrected chi connectivity index (χ4v) is 3.51. The molecule has 8 N–H and O–H groups in total. The van der Waals surface area contributed by atoms with Gasteiger partial charge in [-0.1, -0.05) is 0 Å². The number of imidazole rings is 1. The van der Waals surface area contributed by atoms with E-state index >= 15 is 0 Å². The maximum atomic E-state index is 12.4. The molecule has 1 saturated heterocycles. The topological polar surface area (TPSA) is 250 Å². The number of anilines is 1. The SMILES string of the molecule is O=C(O)[C@H](CCCO)Nc1nc2c(ncn2[C@@H]2O[C@H](COP(=O)(O)O)[C@@H](O)[C@H]2O)c(=O)[nH]1.[Na+].[Na+].[Na+]. The van der Waals surface area contributed by atoms with Crippen LogP contribution in [-0.4, -0.2) is 93.3 Å². The third-order valence-electron chi connectivity index (χ3n) is 4.71. The first kappa shape index (κ1) is 35.6. The molecule has 1 aliphatic heterocycles. The number of ether oxygens (including phenoxy) is 1. The van der Waals surface area contributed by atoms with Gasteiger partial charge in [0, 0.05) is 6.61 Å². The van der Waals surface area contributed by atoms with Crippen molar-refractivity contribution in [2.24, 2.45) is 0 Å². The predicted molar refractivity (Wildman–Crippen MR) is 103 cm³/mol. The van der Waals surface area contributed by atoms with Crippen LogP contribution in [0.4, 0.5) is 5.95 Å². The Morgan fingerprint density at radius 3 is 2.51 bits per heavy atom. The summed E-state index contributed by atoms with van der Waals surface area (Å²) in [6.45, 7) is -0.953. The number of phosphoric ester groups is 1. The van der Waals surface area contributed by atoms with Gasteiger partial charge in [-0.3, -0.25) is 18.9 Å². The molecule has 16 nitrogen and oxygen atoms in total. The summed E-state index contributed by atoms with van der Waals surface area (Å²) >= 11 is 0. The van der Waals surface area contributed by atoms with E-state index in [4.69, 9.17) is 19.6 Å². The summed E-state index contributed by atoms with van der Waals surface area (Å²) in [7, 11) is -4.85. The number of aromatic nitrogens is 4. The van der Waals surface area contributed by atoms with Gasteiger partial charge in [-0.2, -0.15) is 4.98 Å². The van der Waals surface area contributed by atoms with Gasteiger partial charge in [-0.15, -0.1) is 0 Å². The monoisotopic (exact) mass is 548 g/mol. The zero-order chi connectivity index (χ0) is 23.6. The second kappa shape index (κ2) is 15.2. The molecule has 5 atom stereocenters. The largest absolute Gasteiger partial charge is 1.00 e. The van der Waals surface area contributed by atoms with Crippen LogP contribution in [0.2, 0.25) is 0 Å². The van der Waals surface area contributed by atoms with Gasteiger partial charge in [0.15, 0.2) is 17.4 Å². The summed E-state index contributed by atoms with van der Waals surface area (Å²) in [5.41, 5.74) is -1.01. The minimum atomic E-state index is -4.85. The number of hydrogen-bond donors (Lipinski definition) is 8. The minimum absolute atomic E-state index is 0. The smallest absolute Gasteiger partial charge is 0.480 e. The van der Waals surface area contributed by atoms with E-state index in [1.807, 2.05) is 0 Å². The van der Waals surface area contributed by atoms with Gasteiger partial charge in [0.1, 0.15) is 24.4 Å². The molecule has 0 amide bonds. The van der Waals surface area contributed by atoms with Gasteiger partial charge >= 0.3 is 102 Å². The number of carboxylic acids is 1. The summed E-state index contributed by atoms with van der Waals surface area (Å²) in [5, 5.41) is 41.2. The normalized spacial score (nSPS) is 22.5. The first-order valence-electron chi connectivity index (χ1n) is 9.30. The van der Waals surface area contributed by atoms with Gasteiger partial charge in [0.25, 0.3) is 5.56 Å². The number of aliphatic hydroxyl groups excluding tert-OH is 3. The number of H-pyrrole nitrogens is 1. The van der Waals surface area contributed by atoms with Crippen molar-refractivity contribution in [3.05, 3.63) is 16.7 Å². The molecule has 0 saturated carbocycles. The van der Waals surface area contributed by atoms with Crippen LogP contribution in [-0.2, 0) is 18.6 Å². The molecule has 0 bridgehead atoms. The van der Waals surface area contributed by atoms with E-state index in [1.54, 1.807) is 0 Å². The second-order valence-electron chi connectivity index (χ2n) is 6.97. The molecule has 20 heteroatoms. The number of aliphatic carboxylic acids is 1. The minimum Gasteiger partial charge on any atom is -0.480 e. The second-order valence-corrected chi connectivity index (χ2v) is 8.21. The van der Waals surface area contributed by atoms with Crippen LogP contribution in [0, 0.1) is 0 Å². The van der Waals surface area contributed by atoms with Crippen LogP contribution < -0.4 is 99.5 Å². The molecule has 178 valence electrons. The number of fused-ring (bicyclic) bond motifs is 1. The molecule has 1 aliphatic rings. The summed E-state index contributed by atoms with van der Waals surface area (Å²) in [6.07, 6.45) is -4.49. The van der Waals surface area contributed by atoms with Crippen molar-refractivity contribution in [2.75, 3.05) is 18.5 Å². The number of phosphoric acid groups is 1. The number of carboxylic acid groups (broad SMARTS) is 1. The average molecular weight is 548 g/mol. The molecule has 0 aliphatic carbocycles.